The minimum atomic E-state index is -0.486. The maximum atomic E-state index is 12.3. The highest BCUT2D eigenvalue weighted by molar-refractivity contribution is 6.10. The molecule has 6 nitrogen and oxygen atoms in total. The molecule has 0 radical (unpaired) electrons. The zero-order valence-electron chi connectivity index (χ0n) is 13.3. The van der Waals surface area contributed by atoms with Crippen LogP contribution in [0.2, 0.25) is 0 Å². The lowest BCUT2D eigenvalue weighted by Gasteiger charge is -2.09. The van der Waals surface area contributed by atoms with Gasteiger partial charge in [0.1, 0.15) is 17.4 Å². The summed E-state index contributed by atoms with van der Waals surface area (Å²) < 4.78 is 6.94. The minimum absolute atomic E-state index is 0.00894. The molecule has 0 bridgehead atoms. The number of hydrogen-bond acceptors (Lipinski definition) is 4. The van der Waals surface area contributed by atoms with Crippen LogP contribution in [0.4, 0.5) is 5.69 Å². The summed E-state index contributed by atoms with van der Waals surface area (Å²) >= 11 is 0. The Labute approximate surface area is 135 Å². The quantitative estimate of drug-likeness (QED) is 0.680. The van der Waals surface area contributed by atoms with Gasteiger partial charge in [-0.15, -0.1) is 0 Å². The second-order valence-electron chi connectivity index (χ2n) is 4.85. The predicted octanol–water partition coefficient (Wildman–Crippen LogP) is 2.77. The molecule has 1 amide bonds. The van der Waals surface area contributed by atoms with Crippen molar-refractivity contribution >= 4 is 17.7 Å². The molecule has 0 saturated heterocycles. The number of nitrogens with one attached hydrogen (secondary N) is 1. The first-order valence-electron chi connectivity index (χ1n) is 7.19. The van der Waals surface area contributed by atoms with Gasteiger partial charge >= 0.3 is 0 Å². The summed E-state index contributed by atoms with van der Waals surface area (Å²) in [5.74, 6) is 0.0498. The van der Waals surface area contributed by atoms with Crippen LogP contribution in [-0.2, 0) is 11.3 Å². The molecule has 0 atom stereocenters. The third-order valence-corrected chi connectivity index (χ3v) is 3.33. The number of benzene rings is 1. The monoisotopic (exact) mass is 310 g/mol. The van der Waals surface area contributed by atoms with Gasteiger partial charge < -0.3 is 10.1 Å². The number of para-hydroxylation sites is 2. The summed E-state index contributed by atoms with van der Waals surface area (Å²) in [7, 11) is 1.52. The maximum absolute atomic E-state index is 12.3. The van der Waals surface area contributed by atoms with Crippen LogP contribution in [0.3, 0.4) is 0 Å². The number of aryl methyl sites for hydroxylation is 2. The van der Waals surface area contributed by atoms with Crippen LogP contribution in [-0.4, -0.2) is 22.8 Å². The van der Waals surface area contributed by atoms with E-state index in [1.54, 1.807) is 35.0 Å². The molecule has 0 spiro atoms. The van der Waals surface area contributed by atoms with Crippen molar-refractivity contribution in [3.63, 3.8) is 0 Å². The molecule has 1 N–H and O–H groups in total. The lowest BCUT2D eigenvalue weighted by Crippen LogP contribution is -2.14. The van der Waals surface area contributed by atoms with Crippen LogP contribution in [0.15, 0.2) is 36.0 Å². The number of hydrogen-bond donors (Lipinski definition) is 1. The van der Waals surface area contributed by atoms with E-state index in [1.807, 2.05) is 26.1 Å². The molecule has 2 aromatic rings. The lowest BCUT2D eigenvalue weighted by atomic mass is 10.1. The SMILES string of the molecule is CCn1cc(C=C(C#N)C(=O)Nc2ccccc2OC)c(C)n1. The van der Waals surface area contributed by atoms with Crippen LogP contribution in [0, 0.1) is 18.3 Å². The summed E-state index contributed by atoms with van der Waals surface area (Å²) in [6.45, 7) is 4.54. The second-order valence-corrected chi connectivity index (χ2v) is 4.85. The van der Waals surface area contributed by atoms with Crippen molar-refractivity contribution in [2.45, 2.75) is 20.4 Å². The zero-order chi connectivity index (χ0) is 16.8. The van der Waals surface area contributed by atoms with Crippen LogP contribution in [0.25, 0.3) is 6.08 Å². The van der Waals surface area contributed by atoms with Gasteiger partial charge in [0.25, 0.3) is 5.91 Å². The zero-order valence-corrected chi connectivity index (χ0v) is 13.3. The number of aromatic nitrogens is 2. The third kappa shape index (κ3) is 3.77. The summed E-state index contributed by atoms with van der Waals surface area (Å²) in [5, 5.41) is 16.3. The van der Waals surface area contributed by atoms with Gasteiger partial charge in [-0.3, -0.25) is 9.48 Å². The minimum Gasteiger partial charge on any atom is -0.495 e. The molecular formula is C17H18N4O2. The van der Waals surface area contributed by atoms with E-state index in [0.717, 1.165) is 17.8 Å². The molecule has 0 aliphatic rings. The van der Waals surface area contributed by atoms with Crippen molar-refractivity contribution in [1.29, 1.82) is 5.26 Å². The average molecular weight is 310 g/mol. The molecule has 0 unspecified atom stereocenters. The Morgan fingerprint density at radius 1 is 1.48 bits per heavy atom. The molecule has 0 aliphatic carbocycles. The number of nitriles is 1. The molecule has 0 saturated carbocycles. The number of ether oxygens (including phenoxy) is 1. The van der Waals surface area contributed by atoms with Gasteiger partial charge in [0.15, 0.2) is 0 Å². The number of rotatable bonds is 5. The van der Waals surface area contributed by atoms with Gasteiger partial charge in [0.2, 0.25) is 0 Å². The molecule has 1 aromatic carbocycles. The van der Waals surface area contributed by atoms with Gasteiger partial charge in [-0.25, -0.2) is 0 Å². The molecule has 6 heteroatoms. The predicted molar refractivity (Wildman–Crippen MR) is 87.9 cm³/mol. The van der Waals surface area contributed by atoms with E-state index in [1.165, 1.54) is 7.11 Å². The van der Waals surface area contributed by atoms with Crippen LogP contribution in [0.5, 0.6) is 5.75 Å². The molecular weight excluding hydrogens is 292 g/mol. The number of nitrogens with zero attached hydrogens (tertiary/aromatic N) is 3. The Hall–Kier alpha value is -3.07. The Morgan fingerprint density at radius 3 is 2.83 bits per heavy atom. The smallest absolute Gasteiger partial charge is 0.266 e. The molecule has 1 heterocycles. The fraction of sp³-hybridized carbons (Fsp3) is 0.235. The third-order valence-electron chi connectivity index (χ3n) is 3.33. The fourth-order valence-electron chi connectivity index (χ4n) is 2.08. The van der Waals surface area contributed by atoms with Gasteiger partial charge in [-0.1, -0.05) is 12.1 Å². The first-order valence-corrected chi connectivity index (χ1v) is 7.19. The summed E-state index contributed by atoms with van der Waals surface area (Å²) in [5.41, 5.74) is 2.04. The molecule has 2 rings (SSSR count). The van der Waals surface area contributed by atoms with Crippen molar-refractivity contribution in [2.24, 2.45) is 0 Å². The van der Waals surface area contributed by atoms with Crippen molar-refractivity contribution in [3.05, 3.63) is 47.3 Å². The Balaban J connectivity index is 2.26. The number of carbonyl (C=O) groups is 1. The lowest BCUT2D eigenvalue weighted by molar-refractivity contribution is -0.112. The molecule has 23 heavy (non-hydrogen) atoms. The van der Waals surface area contributed by atoms with Gasteiger partial charge in [0.05, 0.1) is 18.5 Å². The highest BCUT2D eigenvalue weighted by Crippen LogP contribution is 2.23. The van der Waals surface area contributed by atoms with Crippen LogP contribution < -0.4 is 10.1 Å². The number of amides is 1. The van der Waals surface area contributed by atoms with Crippen molar-refractivity contribution in [2.75, 3.05) is 12.4 Å². The molecule has 118 valence electrons. The van der Waals surface area contributed by atoms with Gasteiger partial charge in [-0.05, 0) is 32.1 Å². The fourth-order valence-corrected chi connectivity index (χ4v) is 2.08. The van der Waals surface area contributed by atoms with E-state index in [4.69, 9.17) is 4.74 Å². The Morgan fingerprint density at radius 2 is 2.22 bits per heavy atom. The first kappa shape index (κ1) is 16.3. The van der Waals surface area contributed by atoms with E-state index in [9.17, 15) is 10.1 Å². The molecule has 1 aromatic heterocycles. The highest BCUT2D eigenvalue weighted by Gasteiger charge is 2.13. The van der Waals surface area contributed by atoms with Crippen LogP contribution >= 0.6 is 0 Å². The average Bonchev–Trinajstić information content (AvgIpc) is 2.93. The summed E-state index contributed by atoms with van der Waals surface area (Å²) in [6.07, 6.45) is 3.35. The number of carbonyl (C=O) groups excluding carboxylic acids is 1. The van der Waals surface area contributed by atoms with E-state index in [0.29, 0.717) is 11.4 Å². The van der Waals surface area contributed by atoms with Gasteiger partial charge in [-0.2, -0.15) is 10.4 Å². The highest BCUT2D eigenvalue weighted by atomic mass is 16.5. The van der Waals surface area contributed by atoms with Crippen molar-refractivity contribution in [3.8, 4) is 11.8 Å². The summed E-state index contributed by atoms with van der Waals surface area (Å²) in [6, 6.07) is 8.97. The second kappa shape index (κ2) is 7.27. The van der Waals surface area contributed by atoms with E-state index in [-0.39, 0.29) is 5.57 Å². The summed E-state index contributed by atoms with van der Waals surface area (Å²) in [4.78, 5) is 12.3. The molecule has 0 aliphatic heterocycles. The van der Waals surface area contributed by atoms with Crippen LogP contribution in [0.1, 0.15) is 18.2 Å². The van der Waals surface area contributed by atoms with Gasteiger partial charge in [0, 0.05) is 18.3 Å². The first-order chi connectivity index (χ1) is 11.1. The van der Waals surface area contributed by atoms with E-state index in [2.05, 4.69) is 10.4 Å². The topological polar surface area (TPSA) is 79.9 Å². The van der Waals surface area contributed by atoms with Crippen molar-refractivity contribution in [1.82, 2.24) is 9.78 Å². The maximum Gasteiger partial charge on any atom is 0.266 e. The van der Waals surface area contributed by atoms with E-state index < -0.39 is 5.91 Å². The normalized spacial score (nSPS) is 11.0. The molecule has 0 fully saturated rings. The Bertz CT molecular complexity index is 784. The standard InChI is InChI=1S/C17H18N4O2/c1-4-21-11-14(12(2)20-21)9-13(10-18)17(22)19-15-7-5-6-8-16(15)23-3/h5-9,11H,4H2,1-3H3,(H,19,22). The number of methoxy groups -OCH3 is 1. The number of anilines is 1. The Kier molecular flexibility index (Phi) is 5.15. The van der Waals surface area contributed by atoms with Crippen molar-refractivity contribution < 1.29 is 9.53 Å². The largest absolute Gasteiger partial charge is 0.495 e. The van der Waals surface area contributed by atoms with E-state index >= 15 is 0 Å².